The standard InChI is InChI=1S/C21H28F3N5O2/c1-15(12-16-4-3-5-17(13-16)21(22,23)24)28-8-6-18(7-9-28)29-14-19(25-26-29)20(31)27(2)10-11-30/h3-5,13-15,18,30H,6-12H2,1-2H3. The lowest BCUT2D eigenvalue weighted by atomic mass is 9.99. The number of likely N-dealkylation sites (N-methyl/N-ethyl adjacent to an activating group) is 1. The lowest BCUT2D eigenvalue weighted by molar-refractivity contribution is -0.137. The summed E-state index contributed by atoms with van der Waals surface area (Å²) in [6.07, 6.45) is -0.508. The fourth-order valence-corrected chi connectivity index (χ4v) is 3.94. The number of carbonyl (C=O) groups excluding carboxylic acids is 1. The first-order valence-electron chi connectivity index (χ1n) is 10.4. The van der Waals surface area contributed by atoms with Gasteiger partial charge in [-0.05, 0) is 37.8 Å². The summed E-state index contributed by atoms with van der Waals surface area (Å²) in [5, 5.41) is 17.0. The van der Waals surface area contributed by atoms with Gasteiger partial charge in [0.05, 0.1) is 24.4 Å². The molecule has 0 radical (unpaired) electrons. The number of hydrogen-bond acceptors (Lipinski definition) is 5. The zero-order valence-electron chi connectivity index (χ0n) is 17.7. The predicted octanol–water partition coefficient (Wildman–Crippen LogP) is 2.63. The number of benzene rings is 1. The summed E-state index contributed by atoms with van der Waals surface area (Å²) in [5.74, 6) is -0.285. The van der Waals surface area contributed by atoms with Crippen LogP contribution in [-0.2, 0) is 12.6 Å². The van der Waals surface area contributed by atoms with Crippen LogP contribution in [0.5, 0.6) is 0 Å². The van der Waals surface area contributed by atoms with Crippen LogP contribution >= 0.6 is 0 Å². The molecule has 31 heavy (non-hydrogen) atoms. The Balaban J connectivity index is 1.54. The van der Waals surface area contributed by atoms with Gasteiger partial charge in [0.25, 0.3) is 5.91 Å². The molecule has 1 aromatic heterocycles. The van der Waals surface area contributed by atoms with Crippen LogP contribution in [0.1, 0.15) is 47.4 Å². The van der Waals surface area contributed by atoms with Crippen molar-refractivity contribution in [3.8, 4) is 0 Å². The summed E-state index contributed by atoms with van der Waals surface area (Å²) in [6.45, 7) is 3.72. The maximum absolute atomic E-state index is 12.9. The highest BCUT2D eigenvalue weighted by molar-refractivity contribution is 5.91. The second kappa shape index (κ2) is 9.78. The largest absolute Gasteiger partial charge is 0.416 e. The molecule has 2 heterocycles. The molecule has 1 atom stereocenters. The molecule has 10 heteroatoms. The summed E-state index contributed by atoms with van der Waals surface area (Å²) < 4.78 is 40.5. The molecule has 0 spiro atoms. The van der Waals surface area contributed by atoms with Crippen molar-refractivity contribution >= 4 is 5.91 Å². The van der Waals surface area contributed by atoms with E-state index in [1.165, 1.54) is 17.0 Å². The predicted molar refractivity (Wildman–Crippen MR) is 109 cm³/mol. The quantitative estimate of drug-likeness (QED) is 0.718. The number of aliphatic hydroxyl groups is 1. The number of aromatic nitrogens is 3. The molecule has 0 saturated carbocycles. The Hall–Kier alpha value is -2.46. The first-order valence-corrected chi connectivity index (χ1v) is 10.4. The van der Waals surface area contributed by atoms with E-state index in [-0.39, 0.29) is 36.8 Å². The van der Waals surface area contributed by atoms with Crippen LogP contribution in [0.25, 0.3) is 0 Å². The molecule has 3 rings (SSSR count). The van der Waals surface area contributed by atoms with Crippen LogP contribution in [0.4, 0.5) is 13.2 Å². The summed E-state index contributed by atoms with van der Waals surface area (Å²) >= 11 is 0. The SMILES string of the molecule is CC(Cc1cccc(C(F)(F)F)c1)N1CCC(n2cc(C(=O)N(C)CCO)nn2)CC1. The Kier molecular flexibility index (Phi) is 7.32. The number of alkyl halides is 3. The molecule has 1 N–H and O–H groups in total. The molecular formula is C21H28F3N5O2. The number of halogens is 3. The number of likely N-dealkylation sites (tertiary alicyclic amines) is 1. The first-order chi connectivity index (χ1) is 14.7. The lowest BCUT2D eigenvalue weighted by Gasteiger charge is -2.36. The smallest absolute Gasteiger partial charge is 0.395 e. The second-order valence-electron chi connectivity index (χ2n) is 8.05. The van der Waals surface area contributed by atoms with Gasteiger partial charge in [-0.25, -0.2) is 4.68 Å². The highest BCUT2D eigenvalue weighted by Crippen LogP contribution is 2.30. The molecule has 7 nitrogen and oxygen atoms in total. The summed E-state index contributed by atoms with van der Waals surface area (Å²) in [4.78, 5) is 15.9. The van der Waals surface area contributed by atoms with Crippen LogP contribution in [-0.4, -0.2) is 75.1 Å². The van der Waals surface area contributed by atoms with Gasteiger partial charge >= 0.3 is 6.18 Å². The normalized spacial score (nSPS) is 17.0. The van der Waals surface area contributed by atoms with E-state index in [2.05, 4.69) is 15.2 Å². The van der Waals surface area contributed by atoms with Gasteiger partial charge < -0.3 is 14.9 Å². The van der Waals surface area contributed by atoms with Crippen molar-refractivity contribution in [1.82, 2.24) is 24.8 Å². The van der Waals surface area contributed by atoms with Crippen LogP contribution in [0.2, 0.25) is 0 Å². The fraction of sp³-hybridized carbons (Fsp3) is 0.571. The van der Waals surface area contributed by atoms with Crippen LogP contribution in [0, 0.1) is 0 Å². The topological polar surface area (TPSA) is 74.5 Å². The maximum Gasteiger partial charge on any atom is 0.416 e. The lowest BCUT2D eigenvalue weighted by Crippen LogP contribution is -2.41. The average Bonchev–Trinajstić information content (AvgIpc) is 3.23. The molecule has 1 aliphatic rings. The van der Waals surface area contributed by atoms with Crippen LogP contribution in [0.3, 0.4) is 0 Å². The average molecular weight is 439 g/mol. The number of amides is 1. The number of carbonyl (C=O) groups is 1. The van der Waals surface area contributed by atoms with Crippen LogP contribution in [0.15, 0.2) is 30.5 Å². The molecule has 1 unspecified atom stereocenters. The van der Waals surface area contributed by atoms with E-state index in [4.69, 9.17) is 5.11 Å². The minimum Gasteiger partial charge on any atom is -0.395 e. The van der Waals surface area contributed by atoms with E-state index >= 15 is 0 Å². The number of rotatable bonds is 7. The Bertz CT molecular complexity index is 878. The van der Waals surface area contributed by atoms with E-state index in [9.17, 15) is 18.0 Å². The molecule has 1 aromatic carbocycles. The minimum absolute atomic E-state index is 0.115. The van der Waals surface area contributed by atoms with Crippen molar-refractivity contribution in [2.75, 3.05) is 33.3 Å². The van der Waals surface area contributed by atoms with Crippen molar-refractivity contribution in [3.05, 3.63) is 47.3 Å². The second-order valence-corrected chi connectivity index (χ2v) is 8.05. The van der Waals surface area contributed by atoms with Crippen molar-refractivity contribution in [3.63, 3.8) is 0 Å². The molecule has 1 amide bonds. The Morgan fingerprint density at radius 1 is 1.32 bits per heavy atom. The Labute approximate surface area is 179 Å². The van der Waals surface area contributed by atoms with Gasteiger partial charge in [0.2, 0.25) is 0 Å². The van der Waals surface area contributed by atoms with Gasteiger partial charge in [-0.3, -0.25) is 4.79 Å². The number of hydrogen-bond donors (Lipinski definition) is 1. The molecule has 0 aliphatic carbocycles. The summed E-state index contributed by atoms with van der Waals surface area (Å²) in [5.41, 5.74) is 0.309. The Morgan fingerprint density at radius 2 is 2.03 bits per heavy atom. The number of piperidine rings is 1. The molecule has 1 saturated heterocycles. The van der Waals surface area contributed by atoms with Crippen molar-refractivity contribution in [2.45, 2.75) is 44.4 Å². The maximum atomic E-state index is 12.9. The van der Waals surface area contributed by atoms with E-state index in [1.54, 1.807) is 24.0 Å². The van der Waals surface area contributed by atoms with Gasteiger partial charge in [0.15, 0.2) is 5.69 Å². The summed E-state index contributed by atoms with van der Waals surface area (Å²) in [6, 6.07) is 5.75. The van der Waals surface area contributed by atoms with E-state index in [0.29, 0.717) is 12.0 Å². The van der Waals surface area contributed by atoms with Gasteiger partial charge in [-0.1, -0.05) is 23.4 Å². The van der Waals surface area contributed by atoms with Gasteiger partial charge in [-0.2, -0.15) is 13.2 Å². The third kappa shape index (κ3) is 5.82. The highest BCUT2D eigenvalue weighted by atomic mass is 19.4. The molecule has 2 aromatic rings. The molecule has 0 bridgehead atoms. The zero-order chi connectivity index (χ0) is 22.6. The van der Waals surface area contributed by atoms with Gasteiger partial charge in [0.1, 0.15) is 0 Å². The Morgan fingerprint density at radius 3 is 2.68 bits per heavy atom. The van der Waals surface area contributed by atoms with E-state index in [0.717, 1.165) is 32.0 Å². The third-order valence-corrected chi connectivity index (χ3v) is 5.79. The van der Waals surface area contributed by atoms with Crippen molar-refractivity contribution in [2.24, 2.45) is 0 Å². The number of nitrogens with zero attached hydrogens (tertiary/aromatic N) is 5. The number of aliphatic hydroxyl groups excluding tert-OH is 1. The molecule has 170 valence electrons. The van der Waals surface area contributed by atoms with E-state index in [1.807, 2.05) is 6.92 Å². The van der Waals surface area contributed by atoms with Crippen molar-refractivity contribution in [1.29, 1.82) is 0 Å². The summed E-state index contributed by atoms with van der Waals surface area (Å²) in [7, 11) is 1.60. The monoisotopic (exact) mass is 439 g/mol. The first kappa shape index (κ1) is 23.2. The molecule has 1 aliphatic heterocycles. The minimum atomic E-state index is -4.33. The molecule has 1 fully saturated rings. The van der Waals surface area contributed by atoms with Crippen LogP contribution < -0.4 is 0 Å². The molecular weight excluding hydrogens is 411 g/mol. The zero-order valence-corrected chi connectivity index (χ0v) is 17.7. The third-order valence-electron chi connectivity index (χ3n) is 5.79. The van der Waals surface area contributed by atoms with Gasteiger partial charge in [-0.15, -0.1) is 5.10 Å². The van der Waals surface area contributed by atoms with Crippen molar-refractivity contribution < 1.29 is 23.1 Å². The highest BCUT2D eigenvalue weighted by Gasteiger charge is 2.31. The van der Waals surface area contributed by atoms with E-state index < -0.39 is 11.7 Å². The van der Waals surface area contributed by atoms with Gasteiger partial charge in [0, 0.05) is 32.7 Å². The fourth-order valence-electron chi connectivity index (χ4n) is 3.94.